The minimum atomic E-state index is -1.60. The predicted molar refractivity (Wildman–Crippen MR) is 60.7 cm³/mol. The van der Waals surface area contributed by atoms with Gasteiger partial charge in [0.15, 0.2) is 0 Å². The average molecular weight is 325 g/mol. The zero-order valence-electron chi connectivity index (χ0n) is 7.64. The first-order chi connectivity index (χ1) is 6.02. The van der Waals surface area contributed by atoms with Crippen molar-refractivity contribution in [3.8, 4) is 0 Å². The molecule has 1 rings (SSSR count). The third-order valence-electron chi connectivity index (χ3n) is 1.42. The molecule has 0 heterocycles. The summed E-state index contributed by atoms with van der Waals surface area (Å²) in [6, 6.07) is 10.2. The van der Waals surface area contributed by atoms with Crippen LogP contribution in [-0.4, -0.2) is 37.2 Å². The molecule has 1 aromatic carbocycles. The van der Waals surface area contributed by atoms with Crippen LogP contribution in [0.1, 0.15) is 13.8 Å². The van der Waals surface area contributed by atoms with Gasteiger partial charge in [-0.05, 0) is 0 Å². The molecular weight excluding hydrogens is 313 g/mol. The Hall–Kier alpha value is 0.649. The van der Waals surface area contributed by atoms with Gasteiger partial charge in [0.05, 0.1) is 0 Å². The predicted octanol–water partition coefficient (Wildman–Crippen LogP) is 1.84. The first-order valence-corrected chi connectivity index (χ1v) is 10.2. The first-order valence-electron chi connectivity index (χ1n) is 4.07. The maximum absolute atomic E-state index is 5.82. The van der Waals surface area contributed by atoms with Gasteiger partial charge in [-0.3, -0.25) is 0 Å². The van der Waals surface area contributed by atoms with Gasteiger partial charge in [0.2, 0.25) is 0 Å². The van der Waals surface area contributed by atoms with Crippen LogP contribution < -0.4 is 5.30 Å². The molecule has 0 saturated heterocycles. The summed E-state index contributed by atoms with van der Waals surface area (Å²) >= 11 is 6.27. The molecule has 1 nitrogen and oxygen atoms in total. The van der Waals surface area contributed by atoms with Crippen molar-refractivity contribution in [2.75, 3.05) is 0 Å². The van der Waals surface area contributed by atoms with E-state index in [2.05, 4.69) is 43.3 Å². The maximum atomic E-state index is 5.82. The van der Waals surface area contributed by atoms with Crippen LogP contribution in [0.15, 0.2) is 30.3 Å². The van der Waals surface area contributed by atoms with Crippen LogP contribution in [0.5, 0.6) is 0 Å². The second kappa shape index (κ2) is 4.94. The summed E-state index contributed by atoms with van der Waals surface area (Å²) in [6.07, 6.45) is 0.246. The van der Waals surface area contributed by atoms with Crippen molar-refractivity contribution in [1.82, 2.24) is 0 Å². The summed E-state index contributed by atoms with van der Waals surface area (Å²) in [6.45, 7) is 4.10. The van der Waals surface area contributed by atoms with Crippen LogP contribution in [0.2, 0.25) is 0 Å². The molecule has 4 heteroatoms. The molecule has 0 aliphatic carbocycles. The Morgan fingerprint density at radius 2 is 1.69 bits per heavy atom. The van der Waals surface area contributed by atoms with Gasteiger partial charge >= 0.3 is 96.1 Å². The number of rotatable bonds is 3. The molecule has 0 aromatic heterocycles. The van der Waals surface area contributed by atoms with Crippen LogP contribution in [0.4, 0.5) is 0 Å². The van der Waals surface area contributed by atoms with E-state index in [0.29, 0.717) is 0 Å². The van der Waals surface area contributed by atoms with Gasteiger partial charge in [0.25, 0.3) is 0 Å². The summed E-state index contributed by atoms with van der Waals surface area (Å²) in [5.74, 6) is 0. The van der Waals surface area contributed by atoms with E-state index >= 15 is 0 Å². The van der Waals surface area contributed by atoms with E-state index in [1.807, 2.05) is 32.0 Å². The van der Waals surface area contributed by atoms with Crippen LogP contribution in [0.3, 0.4) is 0 Å². The van der Waals surface area contributed by atoms with Gasteiger partial charge in [0, 0.05) is 0 Å². The monoisotopic (exact) mass is 327 g/mol. The summed E-state index contributed by atoms with van der Waals surface area (Å²) in [5.41, 5.74) is 0. The molecule has 0 unspecified atom stereocenters. The quantitative estimate of drug-likeness (QED) is 0.609. The van der Waals surface area contributed by atoms with Gasteiger partial charge in [-0.2, -0.15) is 0 Å². The molecule has 0 spiro atoms. The van der Waals surface area contributed by atoms with Crippen molar-refractivity contribution in [2.45, 2.75) is 20.0 Å². The van der Waals surface area contributed by atoms with Gasteiger partial charge < -0.3 is 0 Å². The SMILES string of the molecule is CC(C)O[P+]([Se-])([Se-])c1ccccc1. The van der Waals surface area contributed by atoms with Gasteiger partial charge in [-0.25, -0.2) is 0 Å². The molecular formula is C9H12OPSe2-. The van der Waals surface area contributed by atoms with E-state index < -0.39 is 4.87 Å². The third-order valence-corrected chi connectivity index (χ3v) is 6.79. The number of hydrogen-bond donors (Lipinski definition) is 0. The summed E-state index contributed by atoms with van der Waals surface area (Å²) in [5, 5.41) is 1.23. The van der Waals surface area contributed by atoms with Crippen LogP contribution in [0, 0.1) is 0 Å². The fourth-order valence-corrected chi connectivity index (χ4v) is 5.86. The van der Waals surface area contributed by atoms with Crippen LogP contribution in [0.25, 0.3) is 0 Å². The van der Waals surface area contributed by atoms with Gasteiger partial charge in [-0.15, -0.1) is 0 Å². The Bertz CT molecular complexity index is 262. The van der Waals surface area contributed by atoms with Crippen molar-refractivity contribution in [2.24, 2.45) is 0 Å². The van der Waals surface area contributed by atoms with Crippen molar-refractivity contribution in [3.63, 3.8) is 0 Å². The van der Waals surface area contributed by atoms with E-state index in [0.717, 1.165) is 0 Å². The zero-order chi connectivity index (χ0) is 9.90. The van der Waals surface area contributed by atoms with E-state index in [4.69, 9.17) is 4.52 Å². The topological polar surface area (TPSA) is 9.23 Å². The second-order valence-electron chi connectivity index (χ2n) is 2.99. The van der Waals surface area contributed by atoms with Crippen molar-refractivity contribution >= 4 is 41.3 Å². The minimum absolute atomic E-state index is 0.246. The molecule has 0 aliphatic heterocycles. The average Bonchev–Trinajstić information content (AvgIpc) is 2.04. The summed E-state index contributed by atoms with van der Waals surface area (Å²) in [4.78, 5) is -1.60. The standard InChI is InChI=1S/C9H13OPSe2/c1-8(2)10-11(12,13)9-6-4-3-5-7-9/h3-8H,1-2H3,(H,12,13)/p-1. The fourth-order valence-electron chi connectivity index (χ4n) is 0.949. The molecule has 0 fully saturated rings. The first kappa shape index (κ1) is 11.7. The normalized spacial score (nSPS) is 12.1. The summed E-state index contributed by atoms with van der Waals surface area (Å²) < 4.78 is 5.82. The molecule has 0 aliphatic rings. The van der Waals surface area contributed by atoms with E-state index in [1.165, 1.54) is 5.30 Å². The molecule has 1 aromatic rings. The third kappa shape index (κ3) is 3.72. The Labute approximate surface area is 95.9 Å². The fraction of sp³-hybridized carbons (Fsp3) is 0.333. The Kier molecular flexibility index (Phi) is 4.45. The second-order valence-corrected chi connectivity index (χ2v) is 14.7. The molecule has 0 atom stereocenters. The van der Waals surface area contributed by atoms with E-state index in [-0.39, 0.29) is 6.10 Å². The molecule has 0 saturated carbocycles. The van der Waals surface area contributed by atoms with Gasteiger partial charge in [-0.1, -0.05) is 0 Å². The summed E-state index contributed by atoms with van der Waals surface area (Å²) in [7, 11) is 0. The Balaban J connectivity index is 2.81. The van der Waals surface area contributed by atoms with Crippen molar-refractivity contribution in [3.05, 3.63) is 30.3 Å². The zero-order valence-corrected chi connectivity index (χ0v) is 12.0. The molecule has 0 radical (unpaired) electrons. The molecule has 0 amide bonds. The molecule has 13 heavy (non-hydrogen) atoms. The van der Waals surface area contributed by atoms with Crippen LogP contribution >= 0.6 is 4.87 Å². The van der Waals surface area contributed by atoms with Crippen molar-refractivity contribution < 1.29 is 4.52 Å². The molecule has 0 N–H and O–H groups in total. The molecule has 72 valence electrons. The molecule has 0 bridgehead atoms. The van der Waals surface area contributed by atoms with Crippen molar-refractivity contribution in [1.29, 1.82) is 0 Å². The Morgan fingerprint density at radius 1 is 1.15 bits per heavy atom. The van der Waals surface area contributed by atoms with E-state index in [9.17, 15) is 0 Å². The number of hydrogen-bond acceptors (Lipinski definition) is 1. The van der Waals surface area contributed by atoms with E-state index in [1.54, 1.807) is 0 Å². The van der Waals surface area contributed by atoms with Gasteiger partial charge in [0.1, 0.15) is 0 Å². The van der Waals surface area contributed by atoms with Crippen LogP contribution in [-0.2, 0) is 4.52 Å². The Morgan fingerprint density at radius 3 is 2.15 bits per heavy atom. The number of benzene rings is 1.